The van der Waals surface area contributed by atoms with Crippen LogP contribution in [0.3, 0.4) is 0 Å². The van der Waals surface area contributed by atoms with E-state index >= 15 is 0 Å². The van der Waals surface area contributed by atoms with Crippen molar-refractivity contribution in [2.75, 3.05) is 11.9 Å². The minimum absolute atomic E-state index is 0.0726. The molecule has 2 atom stereocenters. The molecular weight excluding hydrogens is 283 g/mol. The Morgan fingerprint density at radius 2 is 2.21 bits per heavy atom. The van der Waals surface area contributed by atoms with Gasteiger partial charge >= 0.3 is 12.1 Å². The highest BCUT2D eigenvalue weighted by atomic mass is 32.1. The number of hydrogen-bond acceptors (Lipinski definition) is 5. The Morgan fingerprint density at radius 3 is 2.79 bits per heavy atom. The number of carboxylic acid groups (broad SMARTS) is 1. The van der Waals surface area contributed by atoms with Gasteiger partial charge in [0.2, 0.25) is 11.0 Å². The fourth-order valence-electron chi connectivity index (χ4n) is 2.24. The fraction of sp³-hybridized carbons (Fsp3) is 0.700. The van der Waals surface area contributed by atoms with Crippen molar-refractivity contribution in [1.29, 1.82) is 0 Å². The fourth-order valence-corrected chi connectivity index (χ4v) is 2.83. The maximum Gasteiger partial charge on any atom is 0.452 e. The van der Waals surface area contributed by atoms with Gasteiger partial charge in [0.15, 0.2) is 0 Å². The Bertz CT molecular complexity index is 463. The average Bonchev–Trinajstić information content (AvgIpc) is 2.94. The number of carbonyl (C=O) groups is 1. The Balaban J connectivity index is 1.92. The van der Waals surface area contributed by atoms with Crippen LogP contribution in [0.5, 0.6) is 0 Å². The van der Waals surface area contributed by atoms with Gasteiger partial charge in [-0.15, -0.1) is 0 Å². The van der Waals surface area contributed by atoms with Crippen molar-refractivity contribution in [3.8, 4) is 0 Å². The number of aromatic nitrogens is 2. The Hall–Kier alpha value is -1.38. The van der Waals surface area contributed by atoms with Gasteiger partial charge in [0, 0.05) is 18.1 Å². The number of alkyl halides is 3. The van der Waals surface area contributed by atoms with E-state index in [0.29, 0.717) is 24.5 Å². The van der Waals surface area contributed by atoms with E-state index in [4.69, 9.17) is 5.11 Å². The first-order valence-electron chi connectivity index (χ1n) is 5.75. The number of nitrogens with zero attached hydrogens (tertiary/aromatic N) is 2. The number of hydrogen-bond donors (Lipinski definition) is 2. The molecule has 0 amide bonds. The number of rotatable bonds is 4. The highest BCUT2D eigenvalue weighted by Crippen LogP contribution is 2.33. The third-order valence-corrected chi connectivity index (χ3v) is 3.84. The number of nitrogens with one attached hydrogen (secondary N) is 1. The predicted octanol–water partition coefficient (Wildman–Crippen LogP) is 2.47. The minimum atomic E-state index is -4.55. The quantitative estimate of drug-likeness (QED) is 0.892. The largest absolute Gasteiger partial charge is 0.481 e. The minimum Gasteiger partial charge on any atom is -0.481 e. The van der Waals surface area contributed by atoms with Crippen molar-refractivity contribution < 1.29 is 23.1 Å². The van der Waals surface area contributed by atoms with Crippen molar-refractivity contribution in [1.82, 2.24) is 9.36 Å². The molecule has 0 radical (unpaired) electrons. The summed E-state index contributed by atoms with van der Waals surface area (Å²) in [6.45, 7) is 0.309. The summed E-state index contributed by atoms with van der Waals surface area (Å²) in [5, 5.41) is 11.8. The molecule has 0 saturated heterocycles. The van der Waals surface area contributed by atoms with Gasteiger partial charge in [-0.05, 0) is 18.8 Å². The van der Waals surface area contributed by atoms with Gasteiger partial charge in [-0.3, -0.25) is 4.79 Å². The maximum atomic E-state index is 12.3. The molecule has 0 spiro atoms. The van der Waals surface area contributed by atoms with Crippen molar-refractivity contribution in [3.63, 3.8) is 0 Å². The van der Waals surface area contributed by atoms with Crippen LogP contribution in [-0.2, 0) is 11.0 Å². The topological polar surface area (TPSA) is 75.1 Å². The number of aliphatic carboxylic acids is 1. The smallest absolute Gasteiger partial charge is 0.452 e. The van der Waals surface area contributed by atoms with Crippen LogP contribution in [0.15, 0.2) is 0 Å². The molecule has 0 bridgehead atoms. The van der Waals surface area contributed by atoms with Crippen LogP contribution in [0.1, 0.15) is 25.1 Å². The second-order valence-corrected chi connectivity index (χ2v) is 5.19. The summed E-state index contributed by atoms with van der Waals surface area (Å²) in [7, 11) is 0. The molecule has 1 saturated carbocycles. The Labute approximate surface area is 111 Å². The zero-order chi connectivity index (χ0) is 14.0. The highest BCUT2D eigenvalue weighted by molar-refractivity contribution is 7.09. The van der Waals surface area contributed by atoms with Crippen molar-refractivity contribution in [2.24, 2.45) is 11.8 Å². The van der Waals surface area contributed by atoms with Crippen LogP contribution >= 0.6 is 11.5 Å². The van der Waals surface area contributed by atoms with Crippen LogP contribution in [0, 0.1) is 11.8 Å². The monoisotopic (exact) mass is 295 g/mol. The SMILES string of the molecule is O=C(O)C1CCCC1CNc1nc(C(F)(F)F)ns1. The molecule has 1 aliphatic carbocycles. The molecule has 1 fully saturated rings. The average molecular weight is 295 g/mol. The van der Waals surface area contributed by atoms with Crippen molar-refractivity contribution in [2.45, 2.75) is 25.4 Å². The lowest BCUT2D eigenvalue weighted by Gasteiger charge is -2.15. The molecule has 2 unspecified atom stereocenters. The molecule has 1 aromatic heterocycles. The van der Waals surface area contributed by atoms with Crippen molar-refractivity contribution >= 4 is 22.6 Å². The Kier molecular flexibility index (Phi) is 3.93. The Morgan fingerprint density at radius 1 is 1.47 bits per heavy atom. The van der Waals surface area contributed by atoms with Gasteiger partial charge in [-0.25, -0.2) is 0 Å². The molecule has 1 aromatic rings. The highest BCUT2D eigenvalue weighted by Gasteiger charge is 2.36. The van der Waals surface area contributed by atoms with E-state index in [2.05, 4.69) is 14.7 Å². The van der Waals surface area contributed by atoms with E-state index in [1.807, 2.05) is 0 Å². The zero-order valence-electron chi connectivity index (χ0n) is 9.78. The molecule has 1 aliphatic rings. The molecule has 0 aliphatic heterocycles. The normalized spacial score (nSPS) is 23.5. The molecule has 106 valence electrons. The molecule has 5 nitrogen and oxygen atoms in total. The maximum absolute atomic E-state index is 12.3. The first-order valence-corrected chi connectivity index (χ1v) is 6.53. The molecule has 2 N–H and O–H groups in total. The second-order valence-electron chi connectivity index (χ2n) is 4.44. The van der Waals surface area contributed by atoms with Gasteiger partial charge in [0.1, 0.15) is 0 Å². The summed E-state index contributed by atoms with van der Waals surface area (Å²) in [5.74, 6) is -2.52. The third-order valence-electron chi connectivity index (χ3n) is 3.17. The second kappa shape index (κ2) is 5.32. The van der Waals surface area contributed by atoms with Crippen molar-refractivity contribution in [3.05, 3.63) is 5.82 Å². The van der Waals surface area contributed by atoms with E-state index < -0.39 is 23.9 Å². The van der Waals surface area contributed by atoms with Crippen LogP contribution in [0.25, 0.3) is 0 Å². The van der Waals surface area contributed by atoms with Gasteiger partial charge in [0.05, 0.1) is 5.92 Å². The molecule has 1 heterocycles. The molecule has 0 aromatic carbocycles. The predicted molar refractivity (Wildman–Crippen MR) is 61.9 cm³/mol. The first kappa shape index (κ1) is 14.0. The van der Waals surface area contributed by atoms with Gasteiger partial charge < -0.3 is 10.4 Å². The number of carboxylic acids is 1. The summed E-state index contributed by atoms with van der Waals surface area (Å²) in [6.07, 6.45) is -2.35. The summed E-state index contributed by atoms with van der Waals surface area (Å²) < 4.78 is 40.1. The lowest BCUT2D eigenvalue weighted by atomic mass is 9.96. The summed E-state index contributed by atoms with van der Waals surface area (Å²) in [6, 6.07) is 0. The molecule has 2 rings (SSSR count). The molecule has 9 heteroatoms. The summed E-state index contributed by atoms with van der Waals surface area (Å²) in [4.78, 5) is 14.3. The summed E-state index contributed by atoms with van der Waals surface area (Å²) >= 11 is 0.630. The number of anilines is 1. The van der Waals surface area contributed by atoms with Crippen LogP contribution in [-0.4, -0.2) is 27.0 Å². The lowest BCUT2D eigenvalue weighted by Crippen LogP contribution is -2.24. The van der Waals surface area contributed by atoms with Crippen LogP contribution in [0.4, 0.5) is 18.3 Å². The van der Waals surface area contributed by atoms with Gasteiger partial charge in [-0.2, -0.15) is 22.5 Å². The lowest BCUT2D eigenvalue weighted by molar-refractivity contribution is -0.144. The van der Waals surface area contributed by atoms with Crippen LogP contribution < -0.4 is 5.32 Å². The number of halogens is 3. The first-order chi connectivity index (χ1) is 8.88. The van der Waals surface area contributed by atoms with Gasteiger partial charge in [-0.1, -0.05) is 6.42 Å². The van der Waals surface area contributed by atoms with E-state index in [0.717, 1.165) is 12.8 Å². The third kappa shape index (κ3) is 3.34. The zero-order valence-corrected chi connectivity index (χ0v) is 10.6. The van der Waals surface area contributed by atoms with Gasteiger partial charge in [0.25, 0.3) is 0 Å². The summed E-state index contributed by atoms with van der Waals surface area (Å²) in [5.41, 5.74) is 0. The van der Waals surface area contributed by atoms with E-state index in [1.54, 1.807) is 0 Å². The van der Waals surface area contributed by atoms with E-state index in [-0.39, 0.29) is 11.0 Å². The van der Waals surface area contributed by atoms with E-state index in [9.17, 15) is 18.0 Å². The van der Waals surface area contributed by atoms with Crippen LogP contribution in [0.2, 0.25) is 0 Å². The molecule has 19 heavy (non-hydrogen) atoms. The van der Waals surface area contributed by atoms with E-state index in [1.165, 1.54) is 0 Å². The molecular formula is C10H12F3N3O2S. The standard InChI is InChI=1S/C10H12F3N3O2S/c11-10(12,13)8-15-9(19-16-8)14-4-5-2-1-3-6(5)7(17)18/h5-6H,1-4H2,(H,17,18)(H,14,15,16).